The van der Waals surface area contributed by atoms with Crippen molar-refractivity contribution in [1.82, 2.24) is 10.1 Å². The minimum absolute atomic E-state index is 0.00124. The summed E-state index contributed by atoms with van der Waals surface area (Å²) in [4.78, 5) is 180. The van der Waals surface area contributed by atoms with Gasteiger partial charge in [-0.05, 0) is 174 Å². The van der Waals surface area contributed by atoms with E-state index < -0.39 is 65.2 Å². The zero-order valence-electron chi connectivity index (χ0n) is 65.4. The number of ketones is 1. The van der Waals surface area contributed by atoms with Crippen LogP contribution >= 0.6 is 0 Å². The van der Waals surface area contributed by atoms with Gasteiger partial charge >= 0.3 is 17.9 Å². The number of aliphatic carboxylic acids is 1. The Morgan fingerprint density at radius 1 is 0.336 bits per heavy atom. The monoisotopic (exact) mass is 1560 g/mol. The van der Waals surface area contributed by atoms with E-state index in [4.69, 9.17) is 28.6 Å². The maximum Gasteiger partial charge on any atom is 0.333 e. The van der Waals surface area contributed by atoms with Gasteiger partial charge in [-0.25, -0.2) is 19.4 Å². The summed E-state index contributed by atoms with van der Waals surface area (Å²) in [5, 5.41) is 12.2. The first-order valence-corrected chi connectivity index (χ1v) is 38.9. The minimum atomic E-state index is -1.00. The Balaban J connectivity index is 1.04. The fourth-order valence-corrected chi connectivity index (χ4v) is 15.9. The number of carbonyl (C=O) groups excluding carboxylic acids is 11. The molecule has 2 fully saturated rings. The van der Waals surface area contributed by atoms with Crippen LogP contribution in [0.3, 0.4) is 0 Å². The number of anilines is 2. The zero-order valence-corrected chi connectivity index (χ0v) is 65.4. The van der Waals surface area contributed by atoms with Crippen LogP contribution in [0.1, 0.15) is 223 Å². The number of imide groups is 4. The van der Waals surface area contributed by atoms with Crippen LogP contribution in [0.2, 0.25) is 0 Å². The summed E-state index contributed by atoms with van der Waals surface area (Å²) >= 11 is 0. The molecule has 0 aliphatic carbocycles. The number of carboxylic acid groups (broad SMARTS) is 1. The molecule has 588 valence electrons. The molecule has 0 radical (unpaired) electrons. The summed E-state index contributed by atoms with van der Waals surface area (Å²) in [6.07, 6.45) is 0.149. The number of amides is 8. The highest BCUT2D eigenvalue weighted by molar-refractivity contribution is 6.48. The molecule has 4 aliphatic heterocycles. The van der Waals surface area contributed by atoms with E-state index in [1.165, 1.54) is 16.7 Å². The fourth-order valence-electron chi connectivity index (χ4n) is 15.9. The van der Waals surface area contributed by atoms with Crippen LogP contribution in [0.25, 0.3) is 43.1 Å². The van der Waals surface area contributed by atoms with Gasteiger partial charge in [0.1, 0.15) is 51.8 Å². The summed E-state index contributed by atoms with van der Waals surface area (Å²) in [6.45, 7) is 17.3. The van der Waals surface area contributed by atoms with Crippen molar-refractivity contribution in [2.24, 2.45) is 0 Å². The van der Waals surface area contributed by atoms with Gasteiger partial charge in [0.25, 0.3) is 47.3 Å². The van der Waals surface area contributed by atoms with Crippen LogP contribution in [0.5, 0.6) is 46.0 Å². The van der Waals surface area contributed by atoms with E-state index in [9.17, 15) is 43.5 Å². The van der Waals surface area contributed by atoms with Crippen LogP contribution in [-0.4, -0.2) is 86.2 Å². The highest BCUT2D eigenvalue weighted by Crippen LogP contribution is 2.59. The zero-order chi connectivity index (χ0) is 82.0. The molecule has 116 heavy (non-hydrogen) atoms. The van der Waals surface area contributed by atoms with Crippen molar-refractivity contribution < 1.29 is 91.3 Å². The van der Waals surface area contributed by atoms with Crippen molar-refractivity contribution in [1.29, 1.82) is 0 Å². The smallest absolute Gasteiger partial charge is 0.333 e. The molecule has 1 N–H and O–H groups in total. The molecule has 0 saturated carbocycles. The van der Waals surface area contributed by atoms with Gasteiger partial charge in [-0.1, -0.05) is 140 Å². The molecule has 0 unspecified atom stereocenters. The van der Waals surface area contributed by atoms with Crippen LogP contribution in [0, 0.1) is 0 Å². The SMILES string of the molecule is CC(=O)CCc1ccc(Oc2cc3c4c(cc(Oc5ccc(CCC(=O)ON6C(=O)CCC6=O)cc5)c5c6c(Oc7ccc(CCC(=O)O)cc7)cc7c8c(cc(Oc9ccc(CCC(=O)ON%10C(=O)CCC%10=O)cc9)c(c2c45)c86)C(=O)N(c2c(C(C)C)cccc2C(C)C)C7=O)C(=O)N(c2c(C(C)C)cccc2C(C)C)C3=O)cc1. The van der Waals surface area contributed by atoms with Crippen LogP contribution in [0.4, 0.5) is 11.4 Å². The molecule has 0 spiro atoms. The standard InChI is InChI=1S/C93H82N4O19/c1-48(2)61-12-10-13-62(49(3)4)88(61)94-90(107)65-44-69(111-57-29-18-53(19-30-57)17-16-52(9)98)82-84-71(113-59-33-22-55(23-34-59)27-42-78(105)115-96-73(99)37-38-74(96)100)46-68-81-66(91(108)95(93(68)110)89-63(50(5)6)14-11-15-64(89)51(7)8)45-70(112-58-31-20-54(21-32-58)26-41-77(103)104)83(87(81)84)85-72(47-67(92(94)109)80(65)86(82)85)114-60-35-24-56(25-36-60)28-43-79(106)116-97-75(101)39-40-76(97)102/h10-15,18-25,29-36,44-51H,16-17,26-28,37-43H2,1-9H3,(H,103,104). The topological polar surface area (TPSA) is 293 Å². The van der Waals surface area contributed by atoms with Gasteiger partial charge in [0.15, 0.2) is 0 Å². The lowest BCUT2D eigenvalue weighted by atomic mass is 9.80. The Morgan fingerprint density at radius 2 is 0.586 bits per heavy atom. The third-order valence-corrected chi connectivity index (χ3v) is 21.7. The third-order valence-electron chi connectivity index (χ3n) is 21.7. The number of hydrogen-bond acceptors (Lipinski definition) is 18. The van der Waals surface area contributed by atoms with E-state index >= 15 is 19.2 Å². The first-order valence-electron chi connectivity index (χ1n) is 38.9. The van der Waals surface area contributed by atoms with Crippen LogP contribution in [-0.2, 0) is 73.7 Å². The van der Waals surface area contributed by atoms with Crippen molar-refractivity contribution in [2.45, 2.75) is 163 Å². The summed E-state index contributed by atoms with van der Waals surface area (Å²) in [5.74, 6) is -7.95. The van der Waals surface area contributed by atoms with E-state index in [1.807, 2.05) is 104 Å². The number of rotatable bonds is 28. The molecule has 15 rings (SSSR count). The van der Waals surface area contributed by atoms with Crippen molar-refractivity contribution >= 4 is 125 Å². The molecular weight excluding hydrogens is 1480 g/mol. The van der Waals surface area contributed by atoms with Gasteiger partial charge < -0.3 is 38.5 Å². The van der Waals surface area contributed by atoms with Gasteiger partial charge in [0.2, 0.25) is 0 Å². The predicted octanol–water partition coefficient (Wildman–Crippen LogP) is 18.6. The van der Waals surface area contributed by atoms with Gasteiger partial charge in [-0.15, -0.1) is 10.1 Å². The van der Waals surface area contributed by atoms with Crippen LogP contribution < -0.4 is 28.7 Å². The molecule has 11 aromatic carbocycles. The molecule has 0 bridgehead atoms. The Labute approximate surface area is 666 Å². The second-order valence-corrected chi connectivity index (χ2v) is 30.9. The fraction of sp³-hybridized carbons (Fsp3) is 0.269. The quantitative estimate of drug-likeness (QED) is 0.0271. The Hall–Kier alpha value is -13.4. The predicted molar refractivity (Wildman–Crippen MR) is 431 cm³/mol. The Kier molecular flexibility index (Phi) is 21.1. The van der Waals surface area contributed by atoms with Gasteiger partial charge in [-0.2, -0.15) is 0 Å². The highest BCUT2D eigenvalue weighted by atomic mass is 16.7. The summed E-state index contributed by atoms with van der Waals surface area (Å²) in [7, 11) is 0. The molecule has 23 heteroatoms. The lowest BCUT2D eigenvalue weighted by Gasteiger charge is -2.35. The van der Waals surface area contributed by atoms with Crippen molar-refractivity contribution in [3.8, 4) is 46.0 Å². The lowest BCUT2D eigenvalue weighted by Crippen LogP contribution is -2.42. The first kappa shape index (κ1) is 77.9. The Morgan fingerprint density at radius 3 is 0.828 bits per heavy atom. The van der Waals surface area contributed by atoms with E-state index in [1.54, 1.807) is 109 Å². The number of fused-ring (bicyclic) bond motifs is 2. The maximum absolute atomic E-state index is 16.7. The summed E-state index contributed by atoms with van der Waals surface area (Å²) in [6, 6.07) is 45.0. The molecule has 4 aliphatic rings. The second-order valence-electron chi connectivity index (χ2n) is 30.9. The third kappa shape index (κ3) is 14.7. The van der Waals surface area contributed by atoms with Crippen molar-refractivity contribution in [2.75, 3.05) is 9.80 Å². The molecule has 11 aromatic rings. The number of carboxylic acids is 1. The van der Waals surface area contributed by atoms with E-state index in [0.29, 0.717) is 66.9 Å². The van der Waals surface area contributed by atoms with Gasteiger partial charge in [-0.3, -0.25) is 43.2 Å². The second kappa shape index (κ2) is 31.5. The number of ether oxygens (including phenoxy) is 4. The molecule has 23 nitrogen and oxygen atoms in total. The minimum Gasteiger partial charge on any atom is -0.481 e. The molecule has 0 aromatic heterocycles. The molecule has 8 amide bonds. The number of Topliss-reactive ketones (excluding diaryl/α,β-unsaturated/α-hetero) is 1. The number of nitrogens with zero attached hydrogens (tertiary/aromatic N) is 4. The number of hydrogen-bond donors (Lipinski definition) is 1. The van der Waals surface area contributed by atoms with E-state index in [0.717, 1.165) is 5.56 Å². The van der Waals surface area contributed by atoms with Crippen molar-refractivity contribution in [3.63, 3.8) is 0 Å². The largest absolute Gasteiger partial charge is 0.481 e. The summed E-state index contributed by atoms with van der Waals surface area (Å²) < 4.78 is 29.3. The van der Waals surface area contributed by atoms with Crippen molar-refractivity contribution in [3.05, 3.63) is 224 Å². The number of benzene rings is 11. The number of para-hydroxylation sites is 2. The Bertz CT molecular complexity index is 5530. The lowest BCUT2D eigenvalue weighted by molar-refractivity contribution is -0.197. The van der Waals surface area contributed by atoms with Crippen LogP contribution in [0.15, 0.2) is 158 Å². The average Bonchev–Trinajstić information content (AvgIpc) is 0.696. The maximum atomic E-state index is 16.7. The van der Waals surface area contributed by atoms with Gasteiger partial charge in [0, 0.05) is 81.6 Å². The first-order chi connectivity index (χ1) is 55.6. The van der Waals surface area contributed by atoms with E-state index in [2.05, 4.69) is 0 Å². The van der Waals surface area contributed by atoms with E-state index in [-0.39, 0.29) is 211 Å². The molecule has 4 heterocycles. The molecule has 2 saturated heterocycles. The molecular formula is C93H82N4O19. The molecule has 0 atom stereocenters. The average molecular weight is 1560 g/mol. The summed E-state index contributed by atoms with van der Waals surface area (Å²) in [5.41, 5.74) is 6.39. The number of carbonyl (C=O) groups is 12. The highest BCUT2D eigenvalue weighted by Gasteiger charge is 2.45. The number of aryl methyl sites for hydroxylation is 4. The normalized spacial score (nSPS) is 14.2. The number of hydroxylamine groups is 4. The van der Waals surface area contributed by atoms with Gasteiger partial charge in [0.05, 0.1) is 46.5 Å².